The molecule has 0 fully saturated rings. The first-order chi connectivity index (χ1) is 11.9. The Balaban J connectivity index is 2.57. The van der Waals surface area contributed by atoms with E-state index in [2.05, 4.69) is 10.5 Å². The minimum Gasteiger partial charge on any atom is -0.484 e. The van der Waals surface area contributed by atoms with Gasteiger partial charge in [0.25, 0.3) is 5.91 Å². The molecule has 0 radical (unpaired) electrons. The zero-order valence-corrected chi connectivity index (χ0v) is 15.9. The summed E-state index contributed by atoms with van der Waals surface area (Å²) >= 11 is 5.94. The van der Waals surface area contributed by atoms with Gasteiger partial charge in [-0.1, -0.05) is 24.9 Å². The quantitative estimate of drug-likeness (QED) is 0.411. The highest BCUT2D eigenvalue weighted by Gasteiger charge is 2.22. The van der Waals surface area contributed by atoms with Crippen LogP contribution in [0, 0.1) is 12.8 Å². The van der Waals surface area contributed by atoms with Crippen molar-refractivity contribution in [2.45, 2.75) is 40.5 Å². The number of nitrogens with zero attached hydrogens (tertiary/aromatic N) is 1. The number of carbonyl (C=O) groups is 2. The van der Waals surface area contributed by atoms with Crippen LogP contribution in [0.25, 0.3) is 0 Å². The van der Waals surface area contributed by atoms with Crippen LogP contribution in [0.1, 0.15) is 39.2 Å². The molecule has 0 bridgehead atoms. The van der Waals surface area contributed by atoms with E-state index in [9.17, 15) is 9.59 Å². The Morgan fingerprint density at radius 2 is 2.04 bits per heavy atom. The molecule has 1 rings (SSSR count). The molecule has 0 spiro atoms. The van der Waals surface area contributed by atoms with Crippen molar-refractivity contribution in [3.8, 4) is 5.75 Å². The highest BCUT2D eigenvalue weighted by Crippen LogP contribution is 2.20. The zero-order valence-electron chi connectivity index (χ0n) is 15.1. The summed E-state index contributed by atoms with van der Waals surface area (Å²) in [4.78, 5) is 23.8. The molecule has 1 amide bonds. The van der Waals surface area contributed by atoms with Crippen LogP contribution in [0.15, 0.2) is 23.3 Å². The van der Waals surface area contributed by atoms with E-state index in [1.54, 1.807) is 32.0 Å². The molecule has 0 aliphatic carbocycles. The number of esters is 1. The van der Waals surface area contributed by atoms with Gasteiger partial charge in [-0.15, -0.1) is 0 Å². The number of amides is 1. The molecule has 1 N–H and O–H groups in total. The number of hydrogen-bond donors (Lipinski definition) is 1. The zero-order chi connectivity index (χ0) is 18.8. The molecule has 0 aliphatic heterocycles. The monoisotopic (exact) mass is 368 g/mol. The van der Waals surface area contributed by atoms with E-state index in [1.807, 2.05) is 13.8 Å². The summed E-state index contributed by atoms with van der Waals surface area (Å²) < 4.78 is 10.4. The summed E-state index contributed by atoms with van der Waals surface area (Å²) in [7, 11) is 0. The van der Waals surface area contributed by atoms with Crippen LogP contribution in [0.3, 0.4) is 0 Å². The first-order valence-corrected chi connectivity index (χ1v) is 8.65. The van der Waals surface area contributed by atoms with E-state index in [0.29, 0.717) is 29.5 Å². The lowest BCUT2D eigenvalue weighted by Crippen LogP contribution is -2.30. The molecular formula is C18H25ClN2O4. The van der Waals surface area contributed by atoms with Crippen molar-refractivity contribution in [3.63, 3.8) is 0 Å². The molecule has 1 atom stereocenters. The van der Waals surface area contributed by atoms with Gasteiger partial charge in [0.2, 0.25) is 0 Å². The summed E-state index contributed by atoms with van der Waals surface area (Å²) in [5.74, 6) is -0.642. The predicted molar refractivity (Wildman–Crippen MR) is 98.0 cm³/mol. The summed E-state index contributed by atoms with van der Waals surface area (Å²) in [5, 5.41) is 4.64. The normalized spacial score (nSPS) is 12.4. The van der Waals surface area contributed by atoms with Gasteiger partial charge in [0.1, 0.15) is 5.75 Å². The van der Waals surface area contributed by atoms with Gasteiger partial charge in [-0.05, 0) is 51.0 Å². The fraction of sp³-hybridized carbons (Fsp3) is 0.500. The lowest BCUT2D eigenvalue weighted by atomic mass is 9.99. The molecule has 0 saturated heterocycles. The molecule has 0 saturated carbocycles. The second-order valence-electron chi connectivity index (χ2n) is 5.58. The molecule has 25 heavy (non-hydrogen) atoms. The van der Waals surface area contributed by atoms with Crippen molar-refractivity contribution < 1.29 is 19.1 Å². The molecule has 0 unspecified atom stereocenters. The number of hydrazone groups is 1. The second kappa shape index (κ2) is 10.7. The van der Waals surface area contributed by atoms with Gasteiger partial charge in [-0.2, -0.15) is 5.10 Å². The Kier molecular flexibility index (Phi) is 8.99. The van der Waals surface area contributed by atoms with Crippen molar-refractivity contribution in [2.75, 3.05) is 13.2 Å². The molecule has 6 nitrogen and oxygen atoms in total. The number of ether oxygens (including phenoxy) is 2. The third kappa shape index (κ3) is 7.13. The number of hydrogen-bond acceptors (Lipinski definition) is 5. The van der Waals surface area contributed by atoms with Crippen molar-refractivity contribution in [3.05, 3.63) is 28.8 Å². The predicted octanol–water partition coefficient (Wildman–Crippen LogP) is 3.50. The molecule has 7 heteroatoms. The van der Waals surface area contributed by atoms with E-state index in [1.165, 1.54) is 0 Å². The maximum Gasteiger partial charge on any atom is 0.314 e. The van der Waals surface area contributed by atoms with Gasteiger partial charge in [0.05, 0.1) is 12.5 Å². The lowest BCUT2D eigenvalue weighted by Gasteiger charge is -2.14. The number of rotatable bonds is 9. The highest BCUT2D eigenvalue weighted by atomic mass is 35.5. The molecule has 138 valence electrons. The van der Waals surface area contributed by atoms with Crippen LogP contribution in [-0.4, -0.2) is 30.8 Å². The van der Waals surface area contributed by atoms with Crippen LogP contribution in [0.2, 0.25) is 5.02 Å². The third-order valence-corrected chi connectivity index (χ3v) is 3.93. The smallest absolute Gasteiger partial charge is 0.314 e. The molecule has 1 aromatic carbocycles. The Bertz CT molecular complexity index is 632. The topological polar surface area (TPSA) is 77.0 Å². The van der Waals surface area contributed by atoms with Gasteiger partial charge in [-0.3, -0.25) is 9.59 Å². The van der Waals surface area contributed by atoms with Crippen molar-refractivity contribution in [1.29, 1.82) is 0 Å². The van der Waals surface area contributed by atoms with Crippen LogP contribution < -0.4 is 10.2 Å². The number of aryl methyl sites for hydroxylation is 1. The second-order valence-corrected chi connectivity index (χ2v) is 5.99. The first kappa shape index (κ1) is 21.0. The molecule has 0 aromatic heterocycles. The Morgan fingerprint density at radius 3 is 2.64 bits per heavy atom. The fourth-order valence-electron chi connectivity index (χ4n) is 2.15. The van der Waals surface area contributed by atoms with E-state index in [-0.39, 0.29) is 12.6 Å². The minimum atomic E-state index is -0.454. The van der Waals surface area contributed by atoms with Gasteiger partial charge < -0.3 is 9.47 Å². The SMILES string of the molecule is CCC[C@@H](C(=O)OCC)/C(C)=N/NC(=O)COc1ccc(Cl)c(C)c1. The van der Waals surface area contributed by atoms with E-state index < -0.39 is 11.8 Å². The van der Waals surface area contributed by atoms with E-state index in [4.69, 9.17) is 21.1 Å². The van der Waals surface area contributed by atoms with E-state index >= 15 is 0 Å². The number of benzene rings is 1. The lowest BCUT2D eigenvalue weighted by molar-refractivity contribution is -0.145. The Morgan fingerprint density at radius 1 is 1.32 bits per heavy atom. The van der Waals surface area contributed by atoms with Crippen molar-refractivity contribution in [2.24, 2.45) is 11.0 Å². The average molecular weight is 369 g/mol. The van der Waals surface area contributed by atoms with Gasteiger partial charge in [0, 0.05) is 10.7 Å². The number of halogens is 1. The summed E-state index contributed by atoms with van der Waals surface area (Å²) in [5.41, 5.74) is 3.78. The number of carbonyl (C=O) groups excluding carboxylic acids is 2. The molecule has 0 heterocycles. The standard InChI is InChI=1S/C18H25ClN2O4/c1-5-7-15(18(23)24-6-2)13(4)20-21-17(22)11-25-14-8-9-16(19)12(3)10-14/h8-10,15H,5-7,11H2,1-4H3,(H,21,22)/b20-13+/t15-/m1/s1. The molecular weight excluding hydrogens is 344 g/mol. The minimum absolute atomic E-state index is 0.185. The highest BCUT2D eigenvalue weighted by molar-refractivity contribution is 6.31. The molecule has 0 aliphatic rings. The van der Waals surface area contributed by atoms with Crippen molar-refractivity contribution in [1.82, 2.24) is 5.43 Å². The average Bonchev–Trinajstić information content (AvgIpc) is 2.58. The maximum absolute atomic E-state index is 11.9. The molecule has 1 aromatic rings. The van der Waals surface area contributed by atoms with E-state index in [0.717, 1.165) is 12.0 Å². The first-order valence-electron chi connectivity index (χ1n) is 8.27. The van der Waals surface area contributed by atoms with Crippen LogP contribution in [0.4, 0.5) is 0 Å². The van der Waals surface area contributed by atoms with Gasteiger partial charge in [0.15, 0.2) is 6.61 Å². The largest absolute Gasteiger partial charge is 0.484 e. The number of nitrogens with one attached hydrogen (secondary N) is 1. The maximum atomic E-state index is 11.9. The fourth-order valence-corrected chi connectivity index (χ4v) is 2.26. The van der Waals surface area contributed by atoms with Crippen LogP contribution in [-0.2, 0) is 14.3 Å². The summed E-state index contributed by atoms with van der Waals surface area (Å²) in [6.07, 6.45) is 1.42. The summed E-state index contributed by atoms with van der Waals surface area (Å²) in [6.45, 7) is 7.40. The third-order valence-electron chi connectivity index (χ3n) is 3.51. The van der Waals surface area contributed by atoms with Gasteiger partial charge >= 0.3 is 5.97 Å². The van der Waals surface area contributed by atoms with Crippen LogP contribution >= 0.6 is 11.6 Å². The summed E-state index contributed by atoms with van der Waals surface area (Å²) in [6, 6.07) is 5.15. The van der Waals surface area contributed by atoms with Gasteiger partial charge in [-0.25, -0.2) is 5.43 Å². The van der Waals surface area contributed by atoms with Crippen molar-refractivity contribution >= 4 is 29.2 Å². The Labute approximate surface area is 153 Å². The van der Waals surface area contributed by atoms with Crippen LogP contribution in [0.5, 0.6) is 5.75 Å². The Hall–Kier alpha value is -2.08.